The van der Waals surface area contributed by atoms with Crippen LogP contribution in [0.25, 0.3) is 0 Å². The third-order valence-corrected chi connectivity index (χ3v) is 3.23. The van der Waals surface area contributed by atoms with Crippen molar-refractivity contribution in [1.82, 2.24) is 0 Å². The van der Waals surface area contributed by atoms with Crippen molar-refractivity contribution in [3.05, 3.63) is 12.2 Å². The van der Waals surface area contributed by atoms with Gasteiger partial charge in [-0.05, 0) is 40.0 Å². The Balaban J connectivity index is 2.72. The second-order valence-corrected chi connectivity index (χ2v) is 5.44. The third-order valence-electron chi connectivity index (χ3n) is 3.23. The average Bonchev–Trinajstić information content (AvgIpc) is 2.27. The summed E-state index contributed by atoms with van der Waals surface area (Å²) in [5.74, 6) is -1.64. The van der Waals surface area contributed by atoms with Crippen molar-refractivity contribution < 1.29 is 24.2 Å². The first-order valence-corrected chi connectivity index (χ1v) is 6.52. The van der Waals surface area contributed by atoms with E-state index in [1.54, 1.807) is 12.2 Å². The number of hydrogen-bond acceptors (Lipinski definition) is 4. The van der Waals surface area contributed by atoms with E-state index in [2.05, 4.69) is 0 Å². The number of carbonyl (C=O) groups is 2. The number of rotatable bonds is 5. The smallest absolute Gasteiger partial charge is 0.336 e. The number of carboxylic acids is 1. The van der Waals surface area contributed by atoms with Crippen LogP contribution in [0.1, 0.15) is 46.5 Å². The van der Waals surface area contributed by atoms with Gasteiger partial charge in [0, 0.05) is 0 Å². The molecule has 5 nitrogen and oxygen atoms in total. The van der Waals surface area contributed by atoms with Crippen LogP contribution in [0.3, 0.4) is 0 Å². The number of aliphatic carboxylic acids is 1. The van der Waals surface area contributed by atoms with Crippen LogP contribution in [0.15, 0.2) is 12.2 Å². The number of carbonyl (C=O) groups excluding carboxylic acids is 1. The lowest BCUT2D eigenvalue weighted by Crippen LogP contribution is -2.52. The molecule has 0 aromatic carbocycles. The normalized spacial score (nSPS) is 26.3. The van der Waals surface area contributed by atoms with Crippen molar-refractivity contribution in [2.45, 2.75) is 57.7 Å². The van der Waals surface area contributed by atoms with Gasteiger partial charge in [-0.2, -0.15) is 0 Å². The summed E-state index contributed by atoms with van der Waals surface area (Å²) in [6.45, 7) is 5.66. The summed E-state index contributed by atoms with van der Waals surface area (Å²) in [7, 11) is 0. The molecule has 1 fully saturated rings. The van der Waals surface area contributed by atoms with E-state index in [9.17, 15) is 14.7 Å². The van der Waals surface area contributed by atoms with Crippen LogP contribution in [0.4, 0.5) is 0 Å². The van der Waals surface area contributed by atoms with E-state index in [-0.39, 0.29) is 13.0 Å². The van der Waals surface area contributed by atoms with Gasteiger partial charge in [-0.3, -0.25) is 4.79 Å². The second kappa shape index (κ2) is 6.19. The third kappa shape index (κ3) is 4.35. The minimum absolute atomic E-state index is 0.161. The largest absolute Gasteiger partial charge is 0.479 e. The van der Waals surface area contributed by atoms with Crippen molar-refractivity contribution in [2.24, 2.45) is 0 Å². The highest BCUT2D eigenvalue weighted by Gasteiger charge is 2.48. The summed E-state index contributed by atoms with van der Waals surface area (Å²) >= 11 is 0. The maximum Gasteiger partial charge on any atom is 0.336 e. The molecule has 1 aliphatic heterocycles. The van der Waals surface area contributed by atoms with E-state index in [1.807, 2.05) is 20.8 Å². The highest BCUT2D eigenvalue weighted by Crippen LogP contribution is 2.37. The summed E-state index contributed by atoms with van der Waals surface area (Å²) in [6, 6.07) is 0. The summed E-state index contributed by atoms with van der Waals surface area (Å²) in [5.41, 5.74) is -1.98. The van der Waals surface area contributed by atoms with E-state index in [0.717, 1.165) is 12.8 Å². The van der Waals surface area contributed by atoms with Gasteiger partial charge >= 0.3 is 11.9 Å². The molecule has 1 saturated heterocycles. The van der Waals surface area contributed by atoms with Gasteiger partial charge in [-0.15, -0.1) is 0 Å². The maximum absolute atomic E-state index is 11.7. The molecule has 0 radical (unpaired) electrons. The molecule has 5 heteroatoms. The van der Waals surface area contributed by atoms with Crippen molar-refractivity contribution in [2.75, 3.05) is 6.61 Å². The highest BCUT2D eigenvalue weighted by atomic mass is 16.6. The zero-order valence-electron chi connectivity index (χ0n) is 11.8. The van der Waals surface area contributed by atoms with E-state index >= 15 is 0 Å². The van der Waals surface area contributed by atoms with E-state index in [4.69, 9.17) is 9.47 Å². The topological polar surface area (TPSA) is 72.8 Å². The van der Waals surface area contributed by atoms with Crippen LogP contribution in [0, 0.1) is 0 Å². The molecule has 1 N–H and O–H groups in total. The number of ether oxygens (including phenoxy) is 2. The summed E-state index contributed by atoms with van der Waals surface area (Å²) < 4.78 is 10.6. The average molecular weight is 270 g/mol. The van der Waals surface area contributed by atoms with Gasteiger partial charge < -0.3 is 14.6 Å². The molecular weight excluding hydrogens is 248 g/mol. The lowest BCUT2D eigenvalue weighted by atomic mass is 9.84. The SMILES string of the molecule is CC=CCOC(=O)CC1(C(=O)O)CCCC(C)(C)O1. The first kappa shape index (κ1) is 15.7. The lowest BCUT2D eigenvalue weighted by Gasteiger charge is -2.42. The minimum Gasteiger partial charge on any atom is -0.479 e. The zero-order valence-corrected chi connectivity index (χ0v) is 11.8. The molecule has 0 amide bonds. The van der Waals surface area contributed by atoms with E-state index < -0.39 is 23.1 Å². The molecule has 0 aliphatic carbocycles. The van der Waals surface area contributed by atoms with E-state index in [0.29, 0.717) is 6.42 Å². The standard InChI is InChI=1S/C14H22O5/c1-4-5-9-18-11(15)10-14(12(16)17)8-6-7-13(2,3)19-14/h4-5H,6-10H2,1-3H3,(H,16,17). The molecule has 0 aromatic rings. The van der Waals surface area contributed by atoms with Gasteiger partial charge in [0.25, 0.3) is 0 Å². The van der Waals surface area contributed by atoms with Crippen molar-refractivity contribution in [1.29, 1.82) is 0 Å². The fraction of sp³-hybridized carbons (Fsp3) is 0.714. The van der Waals surface area contributed by atoms with Crippen LogP contribution in [-0.4, -0.2) is 34.9 Å². The molecule has 1 rings (SSSR count). The number of esters is 1. The first-order valence-electron chi connectivity index (χ1n) is 6.52. The van der Waals surface area contributed by atoms with E-state index in [1.165, 1.54) is 0 Å². The summed E-state index contributed by atoms with van der Waals surface area (Å²) in [5, 5.41) is 9.39. The number of carboxylic acid groups (broad SMARTS) is 1. The Morgan fingerprint density at radius 3 is 2.58 bits per heavy atom. The monoisotopic (exact) mass is 270 g/mol. The van der Waals surface area contributed by atoms with Crippen LogP contribution in [0.2, 0.25) is 0 Å². The van der Waals surface area contributed by atoms with Crippen molar-refractivity contribution in [3.8, 4) is 0 Å². The van der Waals surface area contributed by atoms with Crippen LogP contribution in [0.5, 0.6) is 0 Å². The van der Waals surface area contributed by atoms with Gasteiger partial charge in [0.2, 0.25) is 0 Å². The maximum atomic E-state index is 11.7. The summed E-state index contributed by atoms with van der Waals surface area (Å²) in [4.78, 5) is 23.2. The molecule has 0 bridgehead atoms. The van der Waals surface area contributed by atoms with Crippen LogP contribution < -0.4 is 0 Å². The Hall–Kier alpha value is -1.36. The molecule has 108 valence electrons. The fourth-order valence-electron chi connectivity index (χ4n) is 2.30. The van der Waals surface area contributed by atoms with Crippen molar-refractivity contribution >= 4 is 11.9 Å². The number of hydrogen-bond donors (Lipinski definition) is 1. The van der Waals surface area contributed by atoms with Gasteiger partial charge in [-0.1, -0.05) is 12.2 Å². The molecule has 0 aromatic heterocycles. The Labute approximate surface area is 113 Å². The Kier molecular flexibility index (Phi) is 5.11. The predicted octanol–water partition coefficient (Wildman–Crippen LogP) is 2.30. The summed E-state index contributed by atoms with van der Waals surface area (Å²) in [6.07, 6.45) is 5.06. The van der Waals surface area contributed by atoms with Gasteiger partial charge in [0.05, 0.1) is 12.0 Å². The fourth-order valence-corrected chi connectivity index (χ4v) is 2.30. The molecule has 1 aliphatic rings. The van der Waals surface area contributed by atoms with Gasteiger partial charge in [0.1, 0.15) is 6.61 Å². The number of allylic oxidation sites excluding steroid dienone is 1. The van der Waals surface area contributed by atoms with Gasteiger partial charge in [-0.25, -0.2) is 4.79 Å². The van der Waals surface area contributed by atoms with Gasteiger partial charge in [0.15, 0.2) is 5.60 Å². The Bertz CT molecular complexity index is 372. The molecule has 1 atom stereocenters. The predicted molar refractivity (Wildman–Crippen MR) is 69.8 cm³/mol. The lowest BCUT2D eigenvalue weighted by molar-refractivity contribution is -0.208. The van der Waals surface area contributed by atoms with Crippen molar-refractivity contribution in [3.63, 3.8) is 0 Å². The molecule has 1 unspecified atom stereocenters. The molecule has 19 heavy (non-hydrogen) atoms. The zero-order chi connectivity index (χ0) is 14.5. The second-order valence-electron chi connectivity index (χ2n) is 5.44. The quantitative estimate of drug-likeness (QED) is 0.613. The first-order chi connectivity index (χ1) is 8.81. The van der Waals surface area contributed by atoms with Crippen LogP contribution in [-0.2, 0) is 19.1 Å². The molecule has 0 saturated carbocycles. The highest BCUT2D eigenvalue weighted by molar-refractivity contribution is 5.84. The molecule has 0 spiro atoms. The van der Waals surface area contributed by atoms with Crippen LogP contribution >= 0.6 is 0 Å². The molecule has 1 heterocycles. The minimum atomic E-state index is -1.45. The molecular formula is C14H22O5. The Morgan fingerprint density at radius 2 is 2.05 bits per heavy atom. The Morgan fingerprint density at radius 1 is 1.37 bits per heavy atom.